The lowest BCUT2D eigenvalue weighted by Gasteiger charge is -2.25. The number of hydrogen-bond acceptors (Lipinski definition) is 3. The normalized spacial score (nSPS) is 19.5. The molecule has 1 rings (SSSR count). The van der Waals surface area contributed by atoms with Crippen LogP contribution >= 0.6 is 7.75 Å². The average molecular weight is 207 g/mol. The minimum atomic E-state index is -2.93. The van der Waals surface area contributed by atoms with Crippen molar-refractivity contribution in [3.05, 3.63) is 0 Å². The topological polar surface area (TPSA) is 38.8 Å². The van der Waals surface area contributed by atoms with Crippen LogP contribution in [0.3, 0.4) is 0 Å². The van der Waals surface area contributed by atoms with Crippen LogP contribution in [0.5, 0.6) is 0 Å². The van der Waals surface area contributed by atoms with Crippen LogP contribution in [-0.4, -0.2) is 31.0 Å². The molecule has 0 saturated carbocycles. The second kappa shape index (κ2) is 5.11. The summed E-state index contributed by atoms with van der Waals surface area (Å²) in [5, 5.41) is 0. The van der Waals surface area contributed by atoms with E-state index in [1.165, 1.54) is 0 Å². The van der Waals surface area contributed by atoms with Crippen LogP contribution in [-0.2, 0) is 13.6 Å². The summed E-state index contributed by atoms with van der Waals surface area (Å²) >= 11 is 0. The second-order valence-electron chi connectivity index (χ2n) is 2.96. The predicted molar refractivity (Wildman–Crippen MR) is 51.7 cm³/mol. The Bertz CT molecular complexity index is 182. The standard InChI is InChI=1S/C8H18NO3P/c1-3-11-13(10,12-4-2)9-7-5-6-8-9/h3-8H2,1-2H3. The summed E-state index contributed by atoms with van der Waals surface area (Å²) < 4.78 is 24.4. The molecule has 1 fully saturated rings. The van der Waals surface area contributed by atoms with Crippen LogP contribution in [0.1, 0.15) is 26.7 Å². The minimum absolute atomic E-state index is 0.438. The molecule has 0 spiro atoms. The highest BCUT2D eigenvalue weighted by Crippen LogP contribution is 2.53. The highest BCUT2D eigenvalue weighted by molar-refractivity contribution is 7.51. The zero-order chi connectivity index (χ0) is 9.73. The van der Waals surface area contributed by atoms with E-state index in [-0.39, 0.29) is 0 Å². The molecule has 0 aliphatic carbocycles. The molecule has 0 N–H and O–H groups in total. The molecule has 13 heavy (non-hydrogen) atoms. The van der Waals surface area contributed by atoms with E-state index in [1.807, 2.05) is 18.5 Å². The van der Waals surface area contributed by atoms with Crippen molar-refractivity contribution < 1.29 is 13.6 Å². The van der Waals surface area contributed by atoms with Gasteiger partial charge in [-0.25, -0.2) is 9.24 Å². The molecule has 0 unspecified atom stereocenters. The minimum Gasteiger partial charge on any atom is -0.297 e. The number of nitrogens with zero attached hydrogens (tertiary/aromatic N) is 1. The van der Waals surface area contributed by atoms with Gasteiger partial charge in [-0.1, -0.05) is 0 Å². The molecule has 0 atom stereocenters. The fourth-order valence-electron chi connectivity index (χ4n) is 1.47. The first kappa shape index (κ1) is 11.2. The van der Waals surface area contributed by atoms with E-state index in [4.69, 9.17) is 9.05 Å². The van der Waals surface area contributed by atoms with E-state index in [1.54, 1.807) is 0 Å². The van der Waals surface area contributed by atoms with Gasteiger partial charge in [-0.2, -0.15) is 0 Å². The third-order valence-corrected chi connectivity index (χ3v) is 4.28. The van der Waals surface area contributed by atoms with Crippen LogP contribution in [0.2, 0.25) is 0 Å². The number of hydrogen-bond donors (Lipinski definition) is 0. The summed E-state index contributed by atoms with van der Waals surface area (Å²) in [6, 6.07) is 0. The summed E-state index contributed by atoms with van der Waals surface area (Å²) in [6.45, 7) is 6.21. The molecule has 0 bridgehead atoms. The predicted octanol–water partition coefficient (Wildman–Crippen LogP) is 2.26. The maximum atomic E-state index is 12.1. The first-order valence-corrected chi connectivity index (χ1v) is 6.37. The largest absolute Gasteiger partial charge is 0.408 e. The van der Waals surface area contributed by atoms with Crippen molar-refractivity contribution in [1.29, 1.82) is 0 Å². The Morgan fingerprint density at radius 1 is 1.15 bits per heavy atom. The van der Waals surface area contributed by atoms with Gasteiger partial charge in [0, 0.05) is 13.1 Å². The van der Waals surface area contributed by atoms with Crippen LogP contribution in [0.4, 0.5) is 0 Å². The van der Waals surface area contributed by atoms with Gasteiger partial charge in [-0.15, -0.1) is 0 Å². The quantitative estimate of drug-likeness (QED) is 0.648. The van der Waals surface area contributed by atoms with Crippen LogP contribution in [0, 0.1) is 0 Å². The lowest BCUT2D eigenvalue weighted by molar-refractivity contribution is 0.176. The van der Waals surface area contributed by atoms with Crippen molar-refractivity contribution in [2.75, 3.05) is 26.3 Å². The Labute approximate surface area is 79.8 Å². The summed E-state index contributed by atoms with van der Waals surface area (Å²) in [5.41, 5.74) is 0. The van der Waals surface area contributed by atoms with Gasteiger partial charge in [0.2, 0.25) is 0 Å². The van der Waals surface area contributed by atoms with E-state index in [0.29, 0.717) is 13.2 Å². The molecule has 5 heteroatoms. The van der Waals surface area contributed by atoms with Gasteiger partial charge < -0.3 is 0 Å². The highest BCUT2D eigenvalue weighted by Gasteiger charge is 2.34. The fraction of sp³-hybridized carbons (Fsp3) is 1.00. The van der Waals surface area contributed by atoms with Crippen molar-refractivity contribution in [1.82, 2.24) is 4.67 Å². The second-order valence-corrected chi connectivity index (χ2v) is 4.98. The molecule has 1 heterocycles. The molecule has 4 nitrogen and oxygen atoms in total. The maximum absolute atomic E-state index is 12.1. The molecule has 0 aromatic carbocycles. The molecule has 0 aromatic heterocycles. The Kier molecular flexibility index (Phi) is 4.39. The average Bonchev–Trinajstić information content (AvgIpc) is 2.57. The first-order chi connectivity index (χ1) is 6.23. The number of rotatable bonds is 5. The molecule has 0 radical (unpaired) electrons. The Morgan fingerprint density at radius 2 is 1.62 bits per heavy atom. The van der Waals surface area contributed by atoms with Crippen molar-refractivity contribution in [2.45, 2.75) is 26.7 Å². The lowest BCUT2D eigenvalue weighted by atomic mass is 10.4. The van der Waals surface area contributed by atoms with E-state index < -0.39 is 7.75 Å². The zero-order valence-corrected chi connectivity index (χ0v) is 9.26. The molecule has 0 aromatic rings. The van der Waals surface area contributed by atoms with Gasteiger partial charge >= 0.3 is 7.75 Å². The summed E-state index contributed by atoms with van der Waals surface area (Å²) in [4.78, 5) is 0. The van der Waals surface area contributed by atoms with E-state index in [0.717, 1.165) is 25.9 Å². The van der Waals surface area contributed by atoms with E-state index in [9.17, 15) is 4.57 Å². The van der Waals surface area contributed by atoms with E-state index >= 15 is 0 Å². The van der Waals surface area contributed by atoms with Gasteiger partial charge in [0.15, 0.2) is 0 Å². The maximum Gasteiger partial charge on any atom is 0.408 e. The molecule has 1 aliphatic rings. The van der Waals surface area contributed by atoms with Crippen molar-refractivity contribution in [3.63, 3.8) is 0 Å². The van der Waals surface area contributed by atoms with Crippen LogP contribution in [0.25, 0.3) is 0 Å². The van der Waals surface area contributed by atoms with Crippen LogP contribution in [0.15, 0.2) is 0 Å². The fourth-order valence-corrected chi connectivity index (χ4v) is 3.30. The Morgan fingerprint density at radius 3 is 2.00 bits per heavy atom. The monoisotopic (exact) mass is 207 g/mol. The molecule has 78 valence electrons. The van der Waals surface area contributed by atoms with Crippen LogP contribution < -0.4 is 0 Å². The highest BCUT2D eigenvalue weighted by atomic mass is 31.2. The lowest BCUT2D eigenvalue weighted by Crippen LogP contribution is -2.19. The van der Waals surface area contributed by atoms with E-state index in [2.05, 4.69) is 0 Å². The Balaban J connectivity index is 2.58. The van der Waals surface area contributed by atoms with Crippen molar-refractivity contribution >= 4 is 7.75 Å². The summed E-state index contributed by atoms with van der Waals surface area (Å²) in [5.74, 6) is 0. The first-order valence-electron chi connectivity index (χ1n) is 4.87. The van der Waals surface area contributed by atoms with Gasteiger partial charge in [-0.05, 0) is 26.7 Å². The summed E-state index contributed by atoms with van der Waals surface area (Å²) in [7, 11) is -2.93. The smallest absolute Gasteiger partial charge is 0.297 e. The van der Waals surface area contributed by atoms with Gasteiger partial charge in [0.25, 0.3) is 0 Å². The summed E-state index contributed by atoms with van der Waals surface area (Å²) in [6.07, 6.45) is 2.17. The van der Waals surface area contributed by atoms with Crippen molar-refractivity contribution in [2.24, 2.45) is 0 Å². The molecule has 1 aliphatic heterocycles. The van der Waals surface area contributed by atoms with Gasteiger partial charge in [0.05, 0.1) is 13.2 Å². The molecule has 0 amide bonds. The zero-order valence-electron chi connectivity index (χ0n) is 8.36. The molecular formula is C8H18NO3P. The van der Waals surface area contributed by atoms with Gasteiger partial charge in [0.1, 0.15) is 0 Å². The Hall–Kier alpha value is 0.110. The molecular weight excluding hydrogens is 189 g/mol. The molecule has 1 saturated heterocycles. The van der Waals surface area contributed by atoms with Gasteiger partial charge in [-0.3, -0.25) is 9.05 Å². The SMILES string of the molecule is CCOP(=O)(OCC)N1CCCC1. The third-order valence-electron chi connectivity index (χ3n) is 2.01. The van der Waals surface area contributed by atoms with Crippen molar-refractivity contribution in [3.8, 4) is 0 Å². The third kappa shape index (κ3) is 2.78.